The van der Waals surface area contributed by atoms with Crippen LogP contribution in [0.15, 0.2) is 17.0 Å². The first-order valence-electron chi connectivity index (χ1n) is 3.69. The number of nitrogens with zero attached hydrogens (tertiary/aromatic N) is 3. The van der Waals surface area contributed by atoms with Gasteiger partial charge in [0.25, 0.3) is 0 Å². The summed E-state index contributed by atoms with van der Waals surface area (Å²) in [5.41, 5.74) is 6.32. The molecule has 0 spiro atoms. The number of nitrogens with two attached hydrogens (primary N) is 1. The van der Waals surface area contributed by atoms with Gasteiger partial charge in [0, 0.05) is 0 Å². The molecule has 2 rings (SSSR count). The van der Waals surface area contributed by atoms with Gasteiger partial charge in [-0.05, 0) is 15.9 Å². The summed E-state index contributed by atoms with van der Waals surface area (Å²) in [5.74, 6) is 0.219. The number of hydrogen-bond acceptors (Lipinski definition) is 5. The van der Waals surface area contributed by atoms with Crippen molar-refractivity contribution in [3.8, 4) is 17.1 Å². The molecule has 0 amide bonds. The molecule has 7 heteroatoms. The molecule has 0 atom stereocenters. The van der Waals surface area contributed by atoms with E-state index in [0.29, 0.717) is 16.0 Å². The second kappa shape index (κ2) is 3.26. The van der Waals surface area contributed by atoms with Crippen molar-refractivity contribution in [2.75, 3.05) is 5.73 Å². The van der Waals surface area contributed by atoms with Gasteiger partial charge in [-0.25, -0.2) is 9.97 Å². The van der Waals surface area contributed by atoms with E-state index < -0.39 is 0 Å². The number of nitrogen functional groups attached to an aromatic ring is 1. The smallest absolute Gasteiger partial charge is 0.163 e. The zero-order chi connectivity index (χ0) is 10.1. The van der Waals surface area contributed by atoms with E-state index in [-0.39, 0.29) is 11.6 Å². The van der Waals surface area contributed by atoms with Crippen LogP contribution < -0.4 is 5.73 Å². The molecule has 2 aromatic heterocycles. The lowest BCUT2D eigenvalue weighted by molar-refractivity contribution is 0.477. The lowest BCUT2D eigenvalue weighted by Gasteiger charge is -2.01. The predicted molar refractivity (Wildman–Crippen MR) is 53.4 cm³/mol. The Kier molecular flexibility index (Phi) is 2.08. The third-order valence-corrected chi connectivity index (χ3v) is 2.01. The highest BCUT2D eigenvalue weighted by molar-refractivity contribution is 9.10. The van der Waals surface area contributed by atoms with E-state index in [4.69, 9.17) is 5.73 Å². The van der Waals surface area contributed by atoms with Crippen molar-refractivity contribution in [3.63, 3.8) is 0 Å². The lowest BCUT2D eigenvalue weighted by atomic mass is 10.3. The summed E-state index contributed by atoms with van der Waals surface area (Å²) in [6.45, 7) is 0. The zero-order valence-electron chi connectivity index (χ0n) is 6.90. The minimum absolute atomic E-state index is 0.0101. The molecule has 0 aromatic carbocycles. The predicted octanol–water partition coefficient (Wildman–Crippen LogP) is 0.917. The second-order valence-electron chi connectivity index (χ2n) is 2.56. The minimum Gasteiger partial charge on any atom is -0.504 e. The fraction of sp³-hybridized carbons (Fsp3) is 0. The molecule has 72 valence electrons. The molecule has 2 aromatic rings. The van der Waals surface area contributed by atoms with Crippen LogP contribution in [-0.2, 0) is 0 Å². The molecule has 4 N–H and O–H groups in total. The first-order valence-corrected chi connectivity index (χ1v) is 4.48. The van der Waals surface area contributed by atoms with Crippen molar-refractivity contribution >= 4 is 21.7 Å². The Morgan fingerprint density at radius 1 is 1.43 bits per heavy atom. The quantitative estimate of drug-likeness (QED) is 0.704. The largest absolute Gasteiger partial charge is 0.504 e. The lowest BCUT2D eigenvalue weighted by Crippen LogP contribution is -1.97. The molecule has 0 unspecified atom stereocenters. The molecule has 0 fully saturated rings. The summed E-state index contributed by atoms with van der Waals surface area (Å²) in [7, 11) is 0. The van der Waals surface area contributed by atoms with E-state index >= 15 is 0 Å². The number of nitrogens with one attached hydrogen (secondary N) is 1. The van der Waals surface area contributed by atoms with Crippen LogP contribution in [0.4, 0.5) is 5.82 Å². The minimum atomic E-state index is -0.0101. The third-order valence-electron chi connectivity index (χ3n) is 1.63. The van der Waals surface area contributed by atoms with Crippen molar-refractivity contribution in [1.29, 1.82) is 0 Å². The monoisotopic (exact) mass is 255 g/mol. The summed E-state index contributed by atoms with van der Waals surface area (Å²) in [4.78, 5) is 7.96. The van der Waals surface area contributed by atoms with Crippen LogP contribution in [0.2, 0.25) is 0 Å². The van der Waals surface area contributed by atoms with Crippen LogP contribution in [-0.4, -0.2) is 25.3 Å². The number of rotatable bonds is 1. The van der Waals surface area contributed by atoms with Gasteiger partial charge in [-0.2, -0.15) is 5.10 Å². The Balaban J connectivity index is 2.62. The van der Waals surface area contributed by atoms with E-state index in [0.717, 1.165) is 0 Å². The van der Waals surface area contributed by atoms with Crippen LogP contribution in [0.3, 0.4) is 0 Å². The van der Waals surface area contributed by atoms with Gasteiger partial charge in [-0.1, -0.05) is 0 Å². The van der Waals surface area contributed by atoms with Crippen LogP contribution in [0.25, 0.3) is 11.4 Å². The van der Waals surface area contributed by atoms with Gasteiger partial charge in [0.05, 0.1) is 12.4 Å². The second-order valence-corrected chi connectivity index (χ2v) is 3.37. The number of anilines is 1. The van der Waals surface area contributed by atoms with E-state index in [2.05, 4.69) is 36.1 Å². The van der Waals surface area contributed by atoms with E-state index in [1.807, 2.05) is 0 Å². The summed E-state index contributed by atoms with van der Waals surface area (Å²) in [6.07, 6.45) is 2.75. The van der Waals surface area contributed by atoms with Gasteiger partial charge in [-0.3, -0.25) is 5.10 Å². The Morgan fingerprint density at radius 3 is 2.86 bits per heavy atom. The van der Waals surface area contributed by atoms with Gasteiger partial charge in [-0.15, -0.1) is 0 Å². The molecule has 0 aliphatic carbocycles. The Morgan fingerprint density at radius 2 is 2.21 bits per heavy atom. The molecular weight excluding hydrogens is 250 g/mol. The molecule has 0 saturated heterocycles. The normalized spacial score (nSPS) is 10.4. The molecular formula is C7H6BrN5O. The van der Waals surface area contributed by atoms with Gasteiger partial charge >= 0.3 is 0 Å². The Bertz CT molecular complexity index is 469. The molecule has 0 aliphatic rings. The molecule has 6 nitrogen and oxygen atoms in total. The summed E-state index contributed by atoms with van der Waals surface area (Å²) in [5, 5.41) is 15.6. The van der Waals surface area contributed by atoms with Gasteiger partial charge in [0.15, 0.2) is 11.6 Å². The first kappa shape index (κ1) is 8.95. The number of H-pyrrole nitrogens is 1. The first-order chi connectivity index (χ1) is 6.68. The van der Waals surface area contributed by atoms with E-state index in [9.17, 15) is 5.11 Å². The van der Waals surface area contributed by atoms with Crippen molar-refractivity contribution in [1.82, 2.24) is 20.2 Å². The maximum absolute atomic E-state index is 9.39. The highest BCUT2D eigenvalue weighted by Gasteiger charge is 2.12. The molecule has 0 aliphatic heterocycles. The highest BCUT2D eigenvalue weighted by Crippen LogP contribution is 2.28. The van der Waals surface area contributed by atoms with Crippen molar-refractivity contribution < 1.29 is 5.11 Å². The molecule has 14 heavy (non-hydrogen) atoms. The SMILES string of the molecule is Nc1ncc(Br)nc1-c1[nH]ncc1O. The number of hydrogen-bond donors (Lipinski definition) is 3. The third kappa shape index (κ3) is 1.41. The molecule has 0 saturated carbocycles. The zero-order valence-corrected chi connectivity index (χ0v) is 8.48. The van der Waals surface area contributed by atoms with Crippen molar-refractivity contribution in [2.45, 2.75) is 0 Å². The number of halogens is 1. The molecule has 0 radical (unpaired) electrons. The van der Waals surface area contributed by atoms with Crippen LogP contribution in [0.5, 0.6) is 5.75 Å². The maximum atomic E-state index is 9.39. The van der Waals surface area contributed by atoms with E-state index in [1.54, 1.807) is 0 Å². The standard InChI is InChI=1S/C7H6BrN5O/c8-4-2-10-7(9)6(12-4)5-3(14)1-11-13-5/h1-2,14H,(H2,9,10)(H,11,13). The van der Waals surface area contributed by atoms with Crippen LogP contribution in [0, 0.1) is 0 Å². The molecule has 0 bridgehead atoms. The van der Waals surface area contributed by atoms with Gasteiger partial charge in [0.1, 0.15) is 16.0 Å². The average molecular weight is 256 g/mol. The fourth-order valence-electron chi connectivity index (χ4n) is 1.01. The average Bonchev–Trinajstić information content (AvgIpc) is 2.56. The fourth-order valence-corrected chi connectivity index (χ4v) is 1.29. The summed E-state index contributed by atoms with van der Waals surface area (Å²) in [6, 6.07) is 0. The maximum Gasteiger partial charge on any atom is 0.163 e. The van der Waals surface area contributed by atoms with Gasteiger partial charge < -0.3 is 10.8 Å². The summed E-state index contributed by atoms with van der Waals surface area (Å²) < 4.78 is 0.538. The Hall–Kier alpha value is -1.63. The topological polar surface area (TPSA) is 101 Å². The number of aromatic nitrogens is 4. The van der Waals surface area contributed by atoms with Crippen LogP contribution >= 0.6 is 15.9 Å². The van der Waals surface area contributed by atoms with Crippen molar-refractivity contribution in [3.05, 3.63) is 17.0 Å². The van der Waals surface area contributed by atoms with Gasteiger partial charge in [0.2, 0.25) is 0 Å². The highest BCUT2D eigenvalue weighted by atomic mass is 79.9. The number of aromatic hydroxyl groups is 1. The molecule has 2 heterocycles. The number of aromatic amines is 1. The van der Waals surface area contributed by atoms with Crippen LogP contribution in [0.1, 0.15) is 0 Å². The summed E-state index contributed by atoms with van der Waals surface area (Å²) >= 11 is 3.16. The van der Waals surface area contributed by atoms with E-state index in [1.165, 1.54) is 12.4 Å². The Labute approximate surface area is 87.3 Å². The van der Waals surface area contributed by atoms with Crippen molar-refractivity contribution in [2.24, 2.45) is 0 Å².